The van der Waals surface area contributed by atoms with Gasteiger partial charge in [-0.2, -0.15) is 5.10 Å². The van der Waals surface area contributed by atoms with Crippen LogP contribution in [0.2, 0.25) is 0 Å². The number of carbonyl (C=O) groups is 1. The van der Waals surface area contributed by atoms with Gasteiger partial charge in [0.15, 0.2) is 0 Å². The lowest BCUT2D eigenvalue weighted by atomic mass is 9.91. The topological polar surface area (TPSA) is 110 Å². The van der Waals surface area contributed by atoms with Gasteiger partial charge in [0.1, 0.15) is 11.4 Å². The largest absolute Gasteiger partial charge is 0.383 e. The normalized spacial score (nSPS) is 17.3. The SMILES string of the molecule is Cn1ncc(-c2ccc(-c3ccccc3)nc2)cnc(C2CCN(C(=O)C3(O)CCCC3)CC2)c(Br)c1N. The molecule has 9 heteroatoms. The van der Waals surface area contributed by atoms with Gasteiger partial charge in [-0.05, 0) is 60.5 Å². The number of nitrogens with two attached hydrogens (primary N) is 1. The number of nitrogen functional groups attached to an aromatic ring is 1. The molecule has 2 aliphatic rings. The number of aryl methyl sites for hydroxylation is 1. The van der Waals surface area contributed by atoms with Crippen molar-refractivity contribution in [2.45, 2.75) is 50.0 Å². The van der Waals surface area contributed by atoms with Crippen LogP contribution in [0.3, 0.4) is 0 Å². The molecule has 2 aromatic heterocycles. The van der Waals surface area contributed by atoms with Crippen molar-refractivity contribution in [3.05, 3.63) is 71.2 Å². The second-order valence-electron chi connectivity index (χ2n) is 10.2. The molecule has 1 aliphatic heterocycles. The lowest BCUT2D eigenvalue weighted by Gasteiger charge is -2.36. The predicted molar refractivity (Wildman–Crippen MR) is 151 cm³/mol. The summed E-state index contributed by atoms with van der Waals surface area (Å²) in [5.74, 6) is 0.444. The third-order valence-electron chi connectivity index (χ3n) is 7.68. The average molecular weight is 578 g/mol. The summed E-state index contributed by atoms with van der Waals surface area (Å²) in [5, 5.41) is 15.3. The summed E-state index contributed by atoms with van der Waals surface area (Å²) in [5.41, 5.74) is 9.74. The van der Waals surface area contributed by atoms with Crippen molar-refractivity contribution in [3.63, 3.8) is 0 Å². The van der Waals surface area contributed by atoms with Gasteiger partial charge >= 0.3 is 0 Å². The first-order chi connectivity index (χ1) is 18.4. The van der Waals surface area contributed by atoms with Gasteiger partial charge < -0.3 is 15.7 Å². The summed E-state index contributed by atoms with van der Waals surface area (Å²) in [6, 6.07) is 14.1. The van der Waals surface area contributed by atoms with Crippen molar-refractivity contribution >= 4 is 27.7 Å². The lowest BCUT2D eigenvalue weighted by molar-refractivity contribution is -0.151. The van der Waals surface area contributed by atoms with Gasteiger partial charge in [-0.15, -0.1) is 0 Å². The summed E-state index contributed by atoms with van der Waals surface area (Å²) in [6.45, 7) is 1.16. The Balaban J connectivity index is 1.42. The molecular formula is C29H33BrN6O2. The van der Waals surface area contributed by atoms with Crippen LogP contribution < -0.4 is 5.73 Å². The van der Waals surface area contributed by atoms with Gasteiger partial charge in [0.2, 0.25) is 0 Å². The zero-order valence-electron chi connectivity index (χ0n) is 21.6. The molecule has 0 bridgehead atoms. The molecule has 3 aromatic rings. The van der Waals surface area contributed by atoms with Crippen LogP contribution in [-0.4, -0.2) is 54.4 Å². The fraction of sp³-hybridized carbons (Fsp3) is 0.379. The standard InChI is InChI=1S/C29H33BrN6O2/c1-35-27(31)25(30)26(21-11-15-36(16-12-21)28(37)29(38)13-5-6-14-29)33-18-23(19-34-35)22-9-10-24(32-17-22)20-7-3-2-4-8-20/h2-4,7-10,17-19,21,38H,5-6,11-16,31H2,1H3. The second-order valence-corrected chi connectivity index (χ2v) is 11.0. The second kappa shape index (κ2) is 11.2. The number of benzene rings is 1. The molecule has 2 fully saturated rings. The molecule has 1 amide bonds. The Kier molecular flexibility index (Phi) is 7.76. The van der Waals surface area contributed by atoms with Crippen molar-refractivity contribution in [3.8, 4) is 22.4 Å². The van der Waals surface area contributed by atoms with E-state index in [9.17, 15) is 9.90 Å². The van der Waals surface area contributed by atoms with Crippen LogP contribution in [0.25, 0.3) is 22.4 Å². The Morgan fingerprint density at radius 3 is 2.32 bits per heavy atom. The molecule has 1 aromatic carbocycles. The predicted octanol–water partition coefficient (Wildman–Crippen LogP) is 5.02. The van der Waals surface area contributed by atoms with Gasteiger partial charge in [0.25, 0.3) is 5.91 Å². The van der Waals surface area contributed by atoms with Crippen LogP contribution in [0.5, 0.6) is 0 Å². The van der Waals surface area contributed by atoms with Crippen LogP contribution >= 0.6 is 15.9 Å². The highest BCUT2D eigenvalue weighted by atomic mass is 79.9. The molecule has 1 aliphatic carbocycles. The molecule has 38 heavy (non-hydrogen) atoms. The maximum absolute atomic E-state index is 13.0. The highest BCUT2D eigenvalue weighted by Gasteiger charge is 2.42. The molecule has 8 nitrogen and oxygen atoms in total. The zero-order valence-corrected chi connectivity index (χ0v) is 23.1. The minimum absolute atomic E-state index is 0.104. The molecule has 0 spiro atoms. The lowest BCUT2D eigenvalue weighted by Crippen LogP contribution is -2.50. The first-order valence-electron chi connectivity index (χ1n) is 13.1. The average Bonchev–Trinajstić information content (AvgIpc) is 3.43. The number of hydrogen-bond acceptors (Lipinski definition) is 6. The van der Waals surface area contributed by atoms with Crippen LogP contribution in [-0.2, 0) is 11.8 Å². The number of rotatable bonds is 4. The van der Waals surface area contributed by atoms with Crippen molar-refractivity contribution in [1.82, 2.24) is 24.6 Å². The van der Waals surface area contributed by atoms with E-state index < -0.39 is 5.60 Å². The molecule has 3 N–H and O–H groups in total. The molecule has 5 rings (SSSR count). The highest BCUT2D eigenvalue weighted by molar-refractivity contribution is 9.10. The molecular weight excluding hydrogens is 544 g/mol. The van der Waals surface area contributed by atoms with E-state index in [1.54, 1.807) is 17.9 Å². The minimum atomic E-state index is -1.19. The van der Waals surface area contributed by atoms with Crippen molar-refractivity contribution < 1.29 is 9.90 Å². The van der Waals surface area contributed by atoms with E-state index in [0.29, 0.717) is 36.2 Å². The van der Waals surface area contributed by atoms with E-state index in [1.807, 2.05) is 59.8 Å². The zero-order chi connectivity index (χ0) is 26.7. The summed E-state index contributed by atoms with van der Waals surface area (Å²) in [7, 11) is 1.80. The Morgan fingerprint density at radius 1 is 0.974 bits per heavy atom. The molecule has 198 valence electrons. The maximum Gasteiger partial charge on any atom is 0.254 e. The van der Waals surface area contributed by atoms with E-state index in [4.69, 9.17) is 10.7 Å². The number of pyridine rings is 1. The fourth-order valence-electron chi connectivity index (χ4n) is 5.32. The van der Waals surface area contributed by atoms with E-state index >= 15 is 0 Å². The number of nitrogens with zero attached hydrogens (tertiary/aromatic N) is 5. The summed E-state index contributed by atoms with van der Waals surface area (Å²) in [6.07, 6.45) is 9.79. The molecule has 1 saturated heterocycles. The number of likely N-dealkylation sites (tertiary alicyclic amines) is 1. The van der Waals surface area contributed by atoms with Crippen LogP contribution in [0.15, 0.2) is 65.5 Å². The minimum Gasteiger partial charge on any atom is -0.383 e. The number of aliphatic hydroxyl groups is 1. The van der Waals surface area contributed by atoms with Gasteiger partial charge in [0, 0.05) is 55.1 Å². The van der Waals surface area contributed by atoms with Gasteiger partial charge in [0.05, 0.1) is 22.1 Å². The van der Waals surface area contributed by atoms with E-state index in [-0.39, 0.29) is 11.8 Å². The van der Waals surface area contributed by atoms with Crippen molar-refractivity contribution in [2.24, 2.45) is 7.05 Å². The first kappa shape index (κ1) is 26.3. The smallest absolute Gasteiger partial charge is 0.254 e. The van der Waals surface area contributed by atoms with E-state index in [0.717, 1.165) is 53.8 Å². The van der Waals surface area contributed by atoms with Gasteiger partial charge in [-0.3, -0.25) is 19.4 Å². The number of anilines is 1. The first-order valence-corrected chi connectivity index (χ1v) is 13.9. The van der Waals surface area contributed by atoms with Crippen molar-refractivity contribution in [2.75, 3.05) is 18.8 Å². The Hall–Kier alpha value is -3.30. The number of aromatic nitrogens is 4. The molecule has 3 heterocycles. The molecule has 1 saturated carbocycles. The number of carbonyl (C=O) groups excluding carboxylic acids is 1. The Morgan fingerprint density at radius 2 is 1.66 bits per heavy atom. The quantitative estimate of drug-likeness (QED) is 0.451. The molecule has 0 atom stereocenters. The fourth-order valence-corrected chi connectivity index (χ4v) is 6.00. The molecule has 0 unspecified atom stereocenters. The Bertz CT molecular complexity index is 1340. The monoisotopic (exact) mass is 576 g/mol. The van der Waals surface area contributed by atoms with Crippen LogP contribution in [0.4, 0.5) is 5.82 Å². The van der Waals surface area contributed by atoms with Gasteiger partial charge in [-0.1, -0.05) is 36.4 Å². The van der Waals surface area contributed by atoms with E-state index in [2.05, 4.69) is 26.0 Å². The van der Waals surface area contributed by atoms with Crippen LogP contribution in [0, 0.1) is 0 Å². The third kappa shape index (κ3) is 5.44. The molecule has 0 radical (unpaired) electrons. The Labute approximate surface area is 231 Å². The third-order valence-corrected chi connectivity index (χ3v) is 8.49. The van der Waals surface area contributed by atoms with Crippen molar-refractivity contribution in [1.29, 1.82) is 0 Å². The summed E-state index contributed by atoms with van der Waals surface area (Å²) >= 11 is 3.68. The summed E-state index contributed by atoms with van der Waals surface area (Å²) < 4.78 is 2.32. The number of piperidine rings is 1. The maximum atomic E-state index is 13.0. The highest BCUT2D eigenvalue weighted by Crippen LogP contribution is 2.36. The summed E-state index contributed by atoms with van der Waals surface area (Å²) in [4.78, 5) is 24.4. The number of halogens is 1. The van der Waals surface area contributed by atoms with Gasteiger partial charge in [-0.25, -0.2) is 0 Å². The number of amides is 1. The number of hydrogen-bond donors (Lipinski definition) is 2. The van der Waals surface area contributed by atoms with E-state index in [1.165, 1.54) is 0 Å². The van der Waals surface area contributed by atoms with Crippen LogP contribution in [0.1, 0.15) is 50.1 Å².